The van der Waals surface area contributed by atoms with Gasteiger partial charge in [-0.25, -0.2) is 4.79 Å². The number of hydrogen-bond donors (Lipinski definition) is 1. The Bertz CT molecular complexity index is 1050. The van der Waals surface area contributed by atoms with Crippen molar-refractivity contribution in [2.24, 2.45) is 5.41 Å². The van der Waals surface area contributed by atoms with E-state index >= 15 is 0 Å². The van der Waals surface area contributed by atoms with Crippen molar-refractivity contribution in [3.05, 3.63) is 11.8 Å². The Hall–Kier alpha value is -1.58. The van der Waals surface area contributed by atoms with Gasteiger partial charge in [0.2, 0.25) is 11.8 Å². The van der Waals surface area contributed by atoms with Crippen LogP contribution in [0.5, 0.6) is 0 Å². The Morgan fingerprint density at radius 2 is 1.94 bits per heavy atom. The summed E-state index contributed by atoms with van der Waals surface area (Å²) in [7, 11) is -3.07. The van der Waals surface area contributed by atoms with Crippen LogP contribution in [0.3, 0.4) is 0 Å². The average Bonchev–Trinajstić information content (AvgIpc) is 3.16. The summed E-state index contributed by atoms with van der Waals surface area (Å²) in [5, 5.41) is 9.37. The molecule has 1 N–H and O–H groups in total. The second-order valence-corrected chi connectivity index (χ2v) is 17.2. The summed E-state index contributed by atoms with van der Waals surface area (Å²) in [4.78, 5) is 16.5. The third kappa shape index (κ3) is 4.75. The molecule has 2 bridgehead atoms. The lowest BCUT2D eigenvalue weighted by atomic mass is 9.85. The first-order valence-electron chi connectivity index (χ1n) is 11.5. The van der Waals surface area contributed by atoms with E-state index in [1.165, 1.54) is 4.90 Å². The van der Waals surface area contributed by atoms with Crippen LogP contribution in [-0.2, 0) is 19.1 Å². The van der Waals surface area contributed by atoms with Gasteiger partial charge in [-0.3, -0.25) is 4.55 Å². The molecule has 2 saturated heterocycles. The van der Waals surface area contributed by atoms with Crippen LogP contribution in [0.25, 0.3) is 0 Å². The third-order valence-corrected chi connectivity index (χ3v) is 12.5. The van der Waals surface area contributed by atoms with Crippen molar-refractivity contribution in [3.8, 4) is 0 Å². The highest BCUT2D eigenvalue weighted by atomic mass is 32.3. The van der Waals surface area contributed by atoms with Crippen molar-refractivity contribution in [3.63, 3.8) is 0 Å². The SMILES string of the molecule is CN(C)CC(O[Si](C)(C)C(C)(C)C)c1nnc([C@@H]2CC3(CC3)[C@@H]3CN2C(=O)N3OS(=O)(=O)O)o1. The van der Waals surface area contributed by atoms with Crippen LogP contribution in [0.15, 0.2) is 4.42 Å². The zero-order valence-electron chi connectivity index (χ0n) is 20.8. The lowest BCUT2D eigenvalue weighted by Gasteiger charge is -2.39. The van der Waals surface area contributed by atoms with Gasteiger partial charge in [0.15, 0.2) is 8.32 Å². The van der Waals surface area contributed by atoms with E-state index < -0.39 is 42.9 Å². The summed E-state index contributed by atoms with van der Waals surface area (Å²) in [6.45, 7) is 11.6. The summed E-state index contributed by atoms with van der Waals surface area (Å²) in [6.07, 6.45) is 1.77. The first kappa shape index (κ1) is 25.5. The lowest BCUT2D eigenvalue weighted by molar-refractivity contribution is -0.0530. The van der Waals surface area contributed by atoms with Crippen LogP contribution in [0.1, 0.15) is 64.0 Å². The van der Waals surface area contributed by atoms with E-state index in [4.69, 9.17) is 13.4 Å². The summed E-state index contributed by atoms with van der Waals surface area (Å²) in [5.74, 6) is 0.655. The molecule has 1 saturated carbocycles. The number of likely N-dealkylation sites (N-methyl/N-ethyl adjacent to an activating group) is 1. The van der Waals surface area contributed by atoms with Crippen molar-refractivity contribution < 1.29 is 30.9 Å². The maximum Gasteiger partial charge on any atom is 0.418 e. The number of nitrogens with zero attached hydrogens (tertiary/aromatic N) is 5. The highest BCUT2D eigenvalue weighted by molar-refractivity contribution is 7.80. The maximum absolute atomic E-state index is 13.0. The molecule has 192 valence electrons. The number of hydroxylamine groups is 2. The number of rotatable bonds is 8. The Morgan fingerprint density at radius 1 is 1.29 bits per heavy atom. The normalized spacial score (nSPS) is 25.5. The van der Waals surface area contributed by atoms with Crippen LogP contribution in [0.4, 0.5) is 4.79 Å². The minimum absolute atomic E-state index is 0.00434. The molecule has 0 radical (unpaired) electrons. The first-order chi connectivity index (χ1) is 15.5. The number of aromatic nitrogens is 2. The summed E-state index contributed by atoms with van der Waals surface area (Å²) in [6, 6.07) is -1.60. The molecular formula is C20H35N5O7SSi. The van der Waals surface area contributed by atoms with Gasteiger partial charge in [0.1, 0.15) is 12.1 Å². The minimum atomic E-state index is -4.82. The smallest absolute Gasteiger partial charge is 0.418 e. The standard InChI is InChI=1S/C20H35N5O7SSi/c1-19(2,3)34(6,7)31-14(11-23(4)5)17-22-21-16(30-17)13-10-20(8-9-20)15-12-24(13)18(26)25(15)32-33(27,28)29/h13-15H,8-12H2,1-7H3,(H,27,28,29)/t13-,14?,15-/m0/s1. The van der Waals surface area contributed by atoms with E-state index in [2.05, 4.69) is 48.3 Å². The van der Waals surface area contributed by atoms with Gasteiger partial charge >= 0.3 is 16.4 Å². The molecule has 2 aliphatic heterocycles. The zero-order valence-corrected chi connectivity index (χ0v) is 22.6. The van der Waals surface area contributed by atoms with E-state index in [-0.39, 0.29) is 17.0 Å². The van der Waals surface area contributed by atoms with E-state index in [1.54, 1.807) is 0 Å². The number of hydrogen-bond acceptors (Lipinski definition) is 9. The third-order valence-electron chi connectivity index (χ3n) is 7.63. The lowest BCUT2D eigenvalue weighted by Crippen LogP contribution is -2.43. The Balaban J connectivity index is 1.60. The molecule has 12 nitrogen and oxygen atoms in total. The van der Waals surface area contributed by atoms with E-state index in [0.717, 1.165) is 17.9 Å². The van der Waals surface area contributed by atoms with Crippen molar-refractivity contribution in [1.29, 1.82) is 0 Å². The Morgan fingerprint density at radius 3 is 2.47 bits per heavy atom. The van der Waals surface area contributed by atoms with Crippen LogP contribution >= 0.6 is 0 Å². The van der Waals surface area contributed by atoms with Gasteiger partial charge in [0, 0.05) is 13.1 Å². The summed E-state index contributed by atoms with van der Waals surface area (Å²) in [5.41, 5.74) is -0.298. The molecule has 1 aromatic rings. The Kier molecular flexibility index (Phi) is 6.18. The minimum Gasteiger partial charge on any atom is -0.420 e. The monoisotopic (exact) mass is 517 g/mol. The average molecular weight is 518 g/mol. The number of carbonyl (C=O) groups is 1. The van der Waals surface area contributed by atoms with E-state index in [1.807, 2.05) is 19.0 Å². The highest BCUT2D eigenvalue weighted by Gasteiger charge is 2.65. The van der Waals surface area contributed by atoms with Gasteiger partial charge in [-0.05, 0) is 56.9 Å². The molecule has 2 amide bonds. The number of carbonyl (C=O) groups excluding carboxylic acids is 1. The zero-order chi connectivity index (χ0) is 25.3. The fourth-order valence-electron chi connectivity index (χ4n) is 4.58. The molecule has 1 spiro atoms. The van der Waals surface area contributed by atoms with Gasteiger partial charge in [0.05, 0.1) is 6.04 Å². The molecule has 3 atom stereocenters. The van der Waals surface area contributed by atoms with Crippen LogP contribution in [-0.4, -0.2) is 85.6 Å². The summed E-state index contributed by atoms with van der Waals surface area (Å²) >= 11 is 0. The molecule has 14 heteroatoms. The van der Waals surface area contributed by atoms with E-state index in [9.17, 15) is 13.2 Å². The second-order valence-electron chi connectivity index (χ2n) is 11.5. The maximum atomic E-state index is 13.0. The van der Waals surface area contributed by atoms with Crippen molar-refractivity contribution in [2.45, 2.75) is 76.4 Å². The predicted octanol–water partition coefficient (Wildman–Crippen LogP) is 2.76. The van der Waals surface area contributed by atoms with Crippen LogP contribution in [0.2, 0.25) is 18.1 Å². The molecule has 1 aliphatic carbocycles. The largest absolute Gasteiger partial charge is 0.420 e. The molecule has 4 rings (SSSR count). The van der Waals surface area contributed by atoms with E-state index in [0.29, 0.717) is 24.7 Å². The van der Waals surface area contributed by atoms with Crippen molar-refractivity contribution in [2.75, 3.05) is 27.2 Å². The van der Waals surface area contributed by atoms with Gasteiger partial charge in [-0.2, -0.15) is 13.5 Å². The van der Waals surface area contributed by atoms with Gasteiger partial charge < -0.3 is 18.6 Å². The molecule has 1 aromatic heterocycles. The molecule has 3 aliphatic rings. The highest BCUT2D eigenvalue weighted by Crippen LogP contribution is 2.61. The Labute approximate surface area is 201 Å². The van der Waals surface area contributed by atoms with Gasteiger partial charge in [0.25, 0.3) is 0 Å². The van der Waals surface area contributed by atoms with Crippen molar-refractivity contribution in [1.82, 2.24) is 25.1 Å². The molecule has 1 unspecified atom stereocenters. The fourth-order valence-corrected chi connectivity index (χ4v) is 6.19. The topological polar surface area (TPSA) is 139 Å². The number of piperidine rings is 1. The molecule has 34 heavy (non-hydrogen) atoms. The van der Waals surface area contributed by atoms with Crippen LogP contribution < -0.4 is 0 Å². The van der Waals surface area contributed by atoms with Gasteiger partial charge in [-0.15, -0.1) is 14.5 Å². The molecular weight excluding hydrogens is 482 g/mol. The fraction of sp³-hybridized carbons (Fsp3) is 0.850. The molecule has 3 heterocycles. The first-order valence-corrected chi connectivity index (χ1v) is 15.7. The number of amides is 2. The van der Waals surface area contributed by atoms with Crippen LogP contribution in [0, 0.1) is 5.41 Å². The predicted molar refractivity (Wildman–Crippen MR) is 123 cm³/mol. The van der Waals surface area contributed by atoms with Crippen molar-refractivity contribution >= 4 is 24.7 Å². The van der Waals surface area contributed by atoms with Gasteiger partial charge in [-0.1, -0.05) is 20.8 Å². The number of fused-ring (bicyclic) bond motifs is 3. The number of urea groups is 1. The summed E-state index contributed by atoms with van der Waals surface area (Å²) < 4.78 is 49.2. The second kappa shape index (κ2) is 8.23. The quantitative estimate of drug-likeness (QED) is 0.404. The molecule has 0 aromatic carbocycles. The molecule has 3 fully saturated rings.